The molecule has 0 aliphatic heterocycles. The zero-order valence-corrected chi connectivity index (χ0v) is 11.0. The van der Waals surface area contributed by atoms with Crippen LogP contribution in [0.15, 0.2) is 18.0 Å². The van der Waals surface area contributed by atoms with E-state index in [0.717, 1.165) is 11.3 Å². The Hall–Kier alpha value is -2.22. The fourth-order valence-corrected chi connectivity index (χ4v) is 1.67. The topological polar surface area (TPSA) is 94.6 Å². The molecule has 0 spiro atoms. The number of nitrogens with one attached hydrogen (secondary N) is 1. The third kappa shape index (κ3) is 4.51. The molecular weight excluding hydrogens is 272 g/mol. The van der Waals surface area contributed by atoms with Crippen molar-refractivity contribution in [2.24, 2.45) is 0 Å². The van der Waals surface area contributed by atoms with Gasteiger partial charge < -0.3 is 9.47 Å². The van der Waals surface area contributed by atoms with Gasteiger partial charge in [0.25, 0.3) is 5.78 Å². The maximum Gasteiger partial charge on any atom is 0.413 e. The van der Waals surface area contributed by atoms with Gasteiger partial charge in [-0.05, 0) is 6.92 Å². The zero-order chi connectivity index (χ0) is 14.3. The highest BCUT2D eigenvalue weighted by atomic mass is 32.1. The Balaban J connectivity index is 2.61. The van der Waals surface area contributed by atoms with E-state index in [0.29, 0.717) is 0 Å². The van der Waals surface area contributed by atoms with E-state index >= 15 is 0 Å². The van der Waals surface area contributed by atoms with Crippen LogP contribution in [0.1, 0.15) is 17.4 Å². The summed E-state index contributed by atoms with van der Waals surface area (Å²) in [6, 6.07) is 0. The van der Waals surface area contributed by atoms with Gasteiger partial charge in [-0.25, -0.2) is 14.6 Å². The van der Waals surface area contributed by atoms with Crippen LogP contribution in [0.2, 0.25) is 0 Å². The Morgan fingerprint density at radius 1 is 1.47 bits per heavy atom. The standard InChI is InChI=1S/C11H12N2O5S/c1-3-5-18-11(16)13-10-12-7(6-19-10)8(14)9(15)17-4-2/h3,6H,1,4-5H2,2H3,(H,12,13,16). The van der Waals surface area contributed by atoms with Gasteiger partial charge in [-0.3, -0.25) is 10.1 Å². The molecular formula is C11H12N2O5S. The molecule has 1 N–H and O–H groups in total. The summed E-state index contributed by atoms with van der Waals surface area (Å²) in [7, 11) is 0. The summed E-state index contributed by atoms with van der Waals surface area (Å²) in [6.45, 7) is 5.15. The quantitative estimate of drug-likeness (QED) is 0.369. The van der Waals surface area contributed by atoms with Gasteiger partial charge in [-0.15, -0.1) is 11.3 Å². The lowest BCUT2D eigenvalue weighted by molar-refractivity contribution is -0.137. The molecule has 0 aliphatic carbocycles. The Kier molecular flexibility index (Phi) is 5.68. The van der Waals surface area contributed by atoms with Gasteiger partial charge in [0.05, 0.1) is 6.61 Å². The Labute approximate surface area is 113 Å². The summed E-state index contributed by atoms with van der Waals surface area (Å²) in [6.07, 6.45) is 0.696. The molecule has 0 radical (unpaired) electrons. The summed E-state index contributed by atoms with van der Waals surface area (Å²) in [4.78, 5) is 37.7. The Bertz CT molecular complexity index is 497. The molecule has 0 aromatic carbocycles. The fourth-order valence-electron chi connectivity index (χ4n) is 0.995. The number of hydrogen-bond acceptors (Lipinski definition) is 7. The van der Waals surface area contributed by atoms with E-state index in [2.05, 4.69) is 26.4 Å². The lowest BCUT2D eigenvalue weighted by Gasteiger charge is -2.00. The number of ether oxygens (including phenoxy) is 2. The zero-order valence-electron chi connectivity index (χ0n) is 10.2. The molecule has 1 rings (SSSR count). The predicted octanol–water partition coefficient (Wildman–Crippen LogP) is 1.62. The number of Topliss-reactive ketones (excluding diaryl/α,β-unsaturated/α-hetero) is 1. The average Bonchev–Trinajstić information content (AvgIpc) is 2.84. The van der Waals surface area contributed by atoms with Crippen molar-refractivity contribution in [1.82, 2.24) is 4.98 Å². The second-order valence-electron chi connectivity index (χ2n) is 3.10. The number of ketones is 1. The van der Waals surface area contributed by atoms with Crippen molar-refractivity contribution >= 4 is 34.3 Å². The normalized spacial score (nSPS) is 9.53. The van der Waals surface area contributed by atoms with Crippen molar-refractivity contribution in [3.8, 4) is 0 Å². The maximum absolute atomic E-state index is 11.5. The van der Waals surface area contributed by atoms with Crippen LogP contribution in [0.4, 0.5) is 9.93 Å². The third-order valence-electron chi connectivity index (χ3n) is 1.74. The van der Waals surface area contributed by atoms with E-state index in [1.54, 1.807) is 6.92 Å². The smallest absolute Gasteiger partial charge is 0.413 e. The van der Waals surface area contributed by atoms with Crippen LogP contribution in [0.5, 0.6) is 0 Å². The minimum absolute atomic E-state index is 0.0613. The third-order valence-corrected chi connectivity index (χ3v) is 2.50. The lowest BCUT2D eigenvalue weighted by atomic mass is 10.3. The molecule has 0 fully saturated rings. The van der Waals surface area contributed by atoms with Gasteiger partial charge in [-0.1, -0.05) is 12.7 Å². The first-order valence-electron chi connectivity index (χ1n) is 5.30. The number of amides is 1. The summed E-state index contributed by atoms with van der Waals surface area (Å²) >= 11 is 0.998. The Morgan fingerprint density at radius 2 is 2.21 bits per heavy atom. The van der Waals surface area contributed by atoms with Crippen LogP contribution >= 0.6 is 11.3 Å². The number of carbonyl (C=O) groups is 3. The van der Waals surface area contributed by atoms with E-state index in [9.17, 15) is 14.4 Å². The number of hydrogen-bond donors (Lipinski definition) is 1. The largest absolute Gasteiger partial charge is 0.460 e. The van der Waals surface area contributed by atoms with Crippen molar-refractivity contribution in [1.29, 1.82) is 0 Å². The second-order valence-corrected chi connectivity index (χ2v) is 3.96. The summed E-state index contributed by atoms with van der Waals surface area (Å²) in [5.74, 6) is -1.83. The number of aromatic nitrogens is 1. The first-order chi connectivity index (χ1) is 9.08. The fraction of sp³-hybridized carbons (Fsp3) is 0.273. The molecule has 8 heteroatoms. The SMILES string of the molecule is C=CCOC(=O)Nc1nc(C(=O)C(=O)OCC)cs1. The van der Waals surface area contributed by atoms with Gasteiger partial charge in [-0.2, -0.15) is 0 Å². The molecule has 0 atom stereocenters. The monoisotopic (exact) mass is 284 g/mol. The van der Waals surface area contributed by atoms with Crippen LogP contribution in [0.25, 0.3) is 0 Å². The number of thiazole rings is 1. The highest BCUT2D eigenvalue weighted by molar-refractivity contribution is 7.14. The van der Waals surface area contributed by atoms with Crippen LogP contribution in [0.3, 0.4) is 0 Å². The molecule has 0 saturated carbocycles. The van der Waals surface area contributed by atoms with Crippen LogP contribution in [0, 0.1) is 0 Å². The van der Waals surface area contributed by atoms with Gasteiger partial charge >= 0.3 is 12.1 Å². The van der Waals surface area contributed by atoms with Crippen molar-refractivity contribution in [2.75, 3.05) is 18.5 Å². The molecule has 1 heterocycles. The van der Waals surface area contributed by atoms with E-state index < -0.39 is 17.8 Å². The number of nitrogens with zero attached hydrogens (tertiary/aromatic N) is 1. The molecule has 102 valence electrons. The minimum Gasteiger partial charge on any atom is -0.460 e. The lowest BCUT2D eigenvalue weighted by Crippen LogP contribution is -2.18. The maximum atomic E-state index is 11.5. The van der Waals surface area contributed by atoms with Crippen molar-refractivity contribution in [3.05, 3.63) is 23.7 Å². The van der Waals surface area contributed by atoms with Crippen molar-refractivity contribution < 1.29 is 23.9 Å². The van der Waals surface area contributed by atoms with E-state index in [1.165, 1.54) is 11.5 Å². The van der Waals surface area contributed by atoms with Gasteiger partial charge in [0.15, 0.2) is 5.13 Å². The molecule has 0 bridgehead atoms. The van der Waals surface area contributed by atoms with Gasteiger partial charge in [0.2, 0.25) is 0 Å². The number of carbonyl (C=O) groups excluding carboxylic acids is 3. The first-order valence-corrected chi connectivity index (χ1v) is 6.18. The molecule has 1 aromatic rings. The highest BCUT2D eigenvalue weighted by Gasteiger charge is 2.21. The number of esters is 1. The average molecular weight is 284 g/mol. The number of rotatable bonds is 6. The Morgan fingerprint density at radius 3 is 2.84 bits per heavy atom. The van der Waals surface area contributed by atoms with Crippen LogP contribution in [-0.4, -0.2) is 36.0 Å². The molecule has 1 aromatic heterocycles. The summed E-state index contributed by atoms with van der Waals surface area (Å²) < 4.78 is 9.23. The minimum atomic E-state index is -0.978. The molecule has 7 nitrogen and oxygen atoms in total. The summed E-state index contributed by atoms with van der Waals surface area (Å²) in [5.41, 5.74) is -0.0810. The molecule has 19 heavy (non-hydrogen) atoms. The van der Waals surface area contributed by atoms with Crippen molar-refractivity contribution in [3.63, 3.8) is 0 Å². The van der Waals surface area contributed by atoms with E-state index in [1.807, 2.05) is 0 Å². The molecule has 0 saturated heterocycles. The molecule has 1 amide bonds. The molecule has 0 aliphatic rings. The molecule has 0 unspecified atom stereocenters. The van der Waals surface area contributed by atoms with Gasteiger partial charge in [0.1, 0.15) is 12.3 Å². The highest BCUT2D eigenvalue weighted by Crippen LogP contribution is 2.16. The van der Waals surface area contributed by atoms with E-state index in [-0.39, 0.29) is 24.0 Å². The predicted molar refractivity (Wildman–Crippen MR) is 68.2 cm³/mol. The van der Waals surface area contributed by atoms with Crippen LogP contribution in [-0.2, 0) is 14.3 Å². The summed E-state index contributed by atoms with van der Waals surface area (Å²) in [5, 5.41) is 3.82. The second kappa shape index (κ2) is 7.27. The first kappa shape index (κ1) is 14.8. The number of anilines is 1. The van der Waals surface area contributed by atoms with Crippen LogP contribution < -0.4 is 5.32 Å². The van der Waals surface area contributed by atoms with E-state index in [4.69, 9.17) is 0 Å². The van der Waals surface area contributed by atoms with Gasteiger partial charge in [0, 0.05) is 5.38 Å². The van der Waals surface area contributed by atoms with Crippen molar-refractivity contribution in [2.45, 2.75) is 6.92 Å².